The van der Waals surface area contributed by atoms with Crippen LogP contribution in [0.2, 0.25) is 10.0 Å². The summed E-state index contributed by atoms with van der Waals surface area (Å²) in [6.45, 7) is 3.83. The van der Waals surface area contributed by atoms with E-state index in [1.54, 1.807) is 24.3 Å². The van der Waals surface area contributed by atoms with Gasteiger partial charge in [0.25, 0.3) is 5.91 Å². The first kappa shape index (κ1) is 16.5. The third-order valence-electron chi connectivity index (χ3n) is 3.26. The van der Waals surface area contributed by atoms with Gasteiger partial charge in [0.15, 0.2) is 0 Å². The largest absolute Gasteiger partial charge is 0.271 e. The summed E-state index contributed by atoms with van der Waals surface area (Å²) in [7, 11) is 0. The number of carbonyl (C=O) groups is 1. The van der Waals surface area contributed by atoms with E-state index in [9.17, 15) is 4.79 Å². The van der Waals surface area contributed by atoms with E-state index in [0.717, 1.165) is 11.1 Å². The van der Waals surface area contributed by atoms with Crippen molar-refractivity contribution < 1.29 is 4.79 Å². The van der Waals surface area contributed by atoms with Crippen LogP contribution in [-0.4, -0.2) is 11.6 Å². The van der Waals surface area contributed by atoms with Crippen molar-refractivity contribution >= 4 is 34.8 Å². The molecule has 2 rings (SSSR count). The van der Waals surface area contributed by atoms with Gasteiger partial charge in [-0.2, -0.15) is 5.10 Å². The number of nitrogens with zero attached hydrogens (tertiary/aromatic N) is 1. The van der Waals surface area contributed by atoms with Gasteiger partial charge in [-0.1, -0.05) is 54.4 Å². The number of amides is 1. The van der Waals surface area contributed by atoms with Crippen molar-refractivity contribution in [3.8, 4) is 0 Å². The number of hydrazone groups is 1. The fourth-order valence-electron chi connectivity index (χ4n) is 2.06. The molecule has 0 aliphatic rings. The topological polar surface area (TPSA) is 41.5 Å². The van der Waals surface area contributed by atoms with Gasteiger partial charge in [0.1, 0.15) is 0 Å². The lowest BCUT2D eigenvalue weighted by Crippen LogP contribution is -2.21. The van der Waals surface area contributed by atoms with Crippen LogP contribution in [0.3, 0.4) is 0 Å². The van der Waals surface area contributed by atoms with Gasteiger partial charge in [-0.3, -0.25) is 4.79 Å². The van der Waals surface area contributed by atoms with Crippen molar-refractivity contribution in [2.24, 2.45) is 5.10 Å². The molecule has 0 aromatic heterocycles. The van der Waals surface area contributed by atoms with Crippen LogP contribution in [0.5, 0.6) is 0 Å². The Labute approximate surface area is 139 Å². The summed E-state index contributed by atoms with van der Waals surface area (Å²) >= 11 is 12.1. The number of halogens is 2. The molecule has 0 aliphatic carbocycles. The van der Waals surface area contributed by atoms with E-state index < -0.39 is 0 Å². The van der Waals surface area contributed by atoms with E-state index in [1.807, 2.05) is 32.0 Å². The van der Waals surface area contributed by atoms with Crippen LogP contribution in [0.1, 0.15) is 34.8 Å². The van der Waals surface area contributed by atoms with E-state index in [-0.39, 0.29) is 5.91 Å². The van der Waals surface area contributed by atoms with E-state index in [1.165, 1.54) is 0 Å². The second-order valence-corrected chi connectivity index (χ2v) is 5.64. The van der Waals surface area contributed by atoms with Gasteiger partial charge in [-0.25, -0.2) is 5.43 Å². The van der Waals surface area contributed by atoms with Crippen LogP contribution in [0.4, 0.5) is 0 Å². The molecule has 0 spiro atoms. The fraction of sp³-hybridized carbons (Fsp3) is 0.176. The molecule has 1 amide bonds. The first-order valence-corrected chi connectivity index (χ1v) is 7.66. The highest BCUT2D eigenvalue weighted by Crippen LogP contribution is 2.22. The molecule has 0 heterocycles. The second kappa shape index (κ2) is 7.43. The maximum Gasteiger partial charge on any atom is 0.271 e. The third-order valence-corrected chi connectivity index (χ3v) is 3.81. The number of nitrogens with one attached hydrogen (secondary N) is 1. The van der Waals surface area contributed by atoms with Gasteiger partial charge in [0.2, 0.25) is 0 Å². The molecule has 2 aromatic rings. The Hall–Kier alpha value is -1.84. The second-order valence-electron chi connectivity index (χ2n) is 4.79. The molecular weight excluding hydrogens is 319 g/mol. The molecule has 0 unspecified atom stereocenters. The Kier molecular flexibility index (Phi) is 5.58. The van der Waals surface area contributed by atoms with Crippen molar-refractivity contribution in [3.05, 3.63) is 69.2 Å². The lowest BCUT2D eigenvalue weighted by Gasteiger charge is -2.08. The van der Waals surface area contributed by atoms with Crippen LogP contribution in [0.15, 0.2) is 47.6 Å². The number of carbonyl (C=O) groups excluding carboxylic acids is 1. The van der Waals surface area contributed by atoms with Crippen molar-refractivity contribution in [3.63, 3.8) is 0 Å². The molecule has 0 atom stereocenters. The normalized spacial score (nSPS) is 11.4. The Morgan fingerprint density at radius 3 is 2.50 bits per heavy atom. The number of hydrogen-bond donors (Lipinski definition) is 1. The number of aryl methyl sites for hydroxylation is 1. The van der Waals surface area contributed by atoms with Crippen LogP contribution in [-0.2, 0) is 0 Å². The smallest absolute Gasteiger partial charge is 0.267 e. The number of hydrogen-bond acceptors (Lipinski definition) is 2. The average Bonchev–Trinajstić information content (AvgIpc) is 2.49. The summed E-state index contributed by atoms with van der Waals surface area (Å²) in [5, 5.41) is 5.29. The highest BCUT2D eigenvalue weighted by Gasteiger charge is 2.10. The monoisotopic (exact) mass is 334 g/mol. The van der Waals surface area contributed by atoms with Crippen LogP contribution >= 0.6 is 23.2 Å². The highest BCUT2D eigenvalue weighted by atomic mass is 35.5. The lowest BCUT2D eigenvalue weighted by atomic mass is 10.1. The minimum Gasteiger partial charge on any atom is -0.267 e. The van der Waals surface area contributed by atoms with Crippen LogP contribution in [0, 0.1) is 6.92 Å². The Morgan fingerprint density at radius 1 is 1.14 bits per heavy atom. The zero-order chi connectivity index (χ0) is 16.1. The average molecular weight is 335 g/mol. The van der Waals surface area contributed by atoms with Gasteiger partial charge in [-0.05, 0) is 37.1 Å². The maximum absolute atomic E-state index is 12.2. The lowest BCUT2D eigenvalue weighted by molar-refractivity contribution is 0.0954. The van der Waals surface area contributed by atoms with E-state index >= 15 is 0 Å². The molecule has 0 saturated carbocycles. The molecule has 0 aliphatic heterocycles. The molecular formula is C17H16Cl2N2O. The summed E-state index contributed by atoms with van der Waals surface area (Å²) in [5.74, 6) is -0.242. The number of benzene rings is 2. The van der Waals surface area contributed by atoms with Crippen LogP contribution < -0.4 is 5.43 Å². The Balaban J connectivity index is 2.23. The Bertz CT molecular complexity index is 726. The molecule has 3 nitrogen and oxygen atoms in total. The maximum atomic E-state index is 12.2. The molecule has 1 N–H and O–H groups in total. The Morgan fingerprint density at radius 2 is 1.86 bits per heavy atom. The van der Waals surface area contributed by atoms with Gasteiger partial charge in [-0.15, -0.1) is 0 Å². The molecule has 114 valence electrons. The van der Waals surface area contributed by atoms with Crippen LogP contribution in [0.25, 0.3) is 0 Å². The first-order valence-electron chi connectivity index (χ1n) is 6.91. The summed E-state index contributed by atoms with van der Waals surface area (Å²) in [4.78, 5) is 12.2. The first-order chi connectivity index (χ1) is 10.5. The SMILES string of the molecule is CC/C(=N\NC(=O)c1ccccc1C)c1ccc(Cl)cc1Cl. The zero-order valence-electron chi connectivity index (χ0n) is 12.4. The predicted octanol–water partition coefficient (Wildman–Crippen LogP) is 4.85. The molecule has 0 saturated heterocycles. The van der Waals surface area contributed by atoms with E-state index in [4.69, 9.17) is 23.2 Å². The third kappa shape index (κ3) is 3.87. The minimum atomic E-state index is -0.242. The van der Waals surface area contributed by atoms with Gasteiger partial charge in [0, 0.05) is 16.1 Å². The fourth-order valence-corrected chi connectivity index (χ4v) is 2.58. The van der Waals surface area contributed by atoms with Crippen molar-refractivity contribution in [1.29, 1.82) is 0 Å². The summed E-state index contributed by atoms with van der Waals surface area (Å²) in [5.41, 5.74) is 5.55. The summed E-state index contributed by atoms with van der Waals surface area (Å²) in [6.07, 6.45) is 0.634. The van der Waals surface area contributed by atoms with E-state index in [0.29, 0.717) is 27.7 Å². The highest BCUT2D eigenvalue weighted by molar-refractivity contribution is 6.37. The van der Waals surface area contributed by atoms with Crippen molar-refractivity contribution in [2.45, 2.75) is 20.3 Å². The molecule has 22 heavy (non-hydrogen) atoms. The molecule has 0 bridgehead atoms. The minimum absolute atomic E-state index is 0.242. The van der Waals surface area contributed by atoms with Crippen molar-refractivity contribution in [2.75, 3.05) is 0 Å². The van der Waals surface area contributed by atoms with Crippen molar-refractivity contribution in [1.82, 2.24) is 5.43 Å². The number of rotatable bonds is 4. The van der Waals surface area contributed by atoms with Gasteiger partial charge >= 0.3 is 0 Å². The van der Waals surface area contributed by atoms with E-state index in [2.05, 4.69) is 10.5 Å². The van der Waals surface area contributed by atoms with Gasteiger partial charge in [0.05, 0.1) is 10.7 Å². The summed E-state index contributed by atoms with van der Waals surface area (Å²) < 4.78 is 0. The zero-order valence-corrected chi connectivity index (χ0v) is 13.9. The standard InChI is InChI=1S/C17H16Cl2N2O/c1-3-16(14-9-8-12(18)10-15(14)19)20-21-17(22)13-7-5-4-6-11(13)2/h4-10H,3H2,1-2H3,(H,21,22)/b20-16+. The summed E-state index contributed by atoms with van der Waals surface area (Å²) in [6, 6.07) is 12.6. The molecule has 0 fully saturated rings. The molecule has 5 heteroatoms. The van der Waals surface area contributed by atoms with Gasteiger partial charge < -0.3 is 0 Å². The predicted molar refractivity (Wildman–Crippen MR) is 91.9 cm³/mol. The molecule has 2 aromatic carbocycles. The quantitative estimate of drug-likeness (QED) is 0.630. The molecule has 0 radical (unpaired) electrons.